The van der Waals surface area contributed by atoms with Crippen LogP contribution >= 0.6 is 23.2 Å². The van der Waals surface area contributed by atoms with E-state index < -0.39 is 11.9 Å². The molecule has 0 bridgehead atoms. The monoisotopic (exact) mass is 520 g/mol. The van der Waals surface area contributed by atoms with Gasteiger partial charge in [-0.1, -0.05) is 23.2 Å². The Hall–Kier alpha value is -2.65. The number of nitrogens with zero attached hydrogens (tertiary/aromatic N) is 3. The Balaban J connectivity index is 1.66. The summed E-state index contributed by atoms with van der Waals surface area (Å²) in [5.74, 6) is 1.52. The van der Waals surface area contributed by atoms with Gasteiger partial charge in [0.2, 0.25) is 5.82 Å². The smallest absolute Gasteiger partial charge is 0.231 e. The van der Waals surface area contributed by atoms with Gasteiger partial charge >= 0.3 is 0 Å². The van der Waals surface area contributed by atoms with Crippen LogP contribution in [0, 0.1) is 5.82 Å². The fourth-order valence-electron chi connectivity index (χ4n) is 4.50. The van der Waals surface area contributed by atoms with Crippen LogP contribution in [0.25, 0.3) is 11.1 Å². The van der Waals surface area contributed by atoms with E-state index in [1.165, 1.54) is 12.1 Å². The maximum atomic E-state index is 14.0. The minimum absolute atomic E-state index is 0.0898. The van der Waals surface area contributed by atoms with Crippen molar-refractivity contribution in [2.75, 3.05) is 39.5 Å². The maximum absolute atomic E-state index is 14.0. The Morgan fingerprint density at radius 3 is 2.69 bits per heavy atom. The molecule has 0 radical (unpaired) electrons. The highest BCUT2D eigenvalue weighted by atomic mass is 35.5. The van der Waals surface area contributed by atoms with Gasteiger partial charge in [0.05, 0.1) is 44.4 Å². The Morgan fingerprint density at radius 2 is 1.97 bits per heavy atom. The summed E-state index contributed by atoms with van der Waals surface area (Å²) >= 11 is 12.4. The lowest BCUT2D eigenvalue weighted by Gasteiger charge is -2.39. The average molecular weight is 521 g/mol. The number of nitrogens with two attached hydrogens (primary N) is 1. The van der Waals surface area contributed by atoms with Crippen molar-refractivity contribution < 1.29 is 13.9 Å². The van der Waals surface area contributed by atoms with E-state index in [1.807, 2.05) is 6.07 Å². The molecular formula is C25H29Cl2FN5O2+. The van der Waals surface area contributed by atoms with Gasteiger partial charge in [-0.2, -0.15) is 0 Å². The number of ether oxygens (including phenoxy) is 2. The fraction of sp³-hybridized carbons (Fsp3) is 0.360. The Kier molecular flexibility index (Phi) is 7.38. The van der Waals surface area contributed by atoms with Crippen LogP contribution < -0.4 is 25.0 Å². The summed E-state index contributed by atoms with van der Waals surface area (Å²) in [6, 6.07) is 6.77. The molecule has 0 amide bonds. The molecule has 3 heterocycles. The lowest BCUT2D eigenvalue weighted by molar-refractivity contribution is 0.227. The minimum Gasteiger partial charge on any atom is -0.496 e. The van der Waals surface area contributed by atoms with Crippen LogP contribution in [0.15, 0.2) is 36.7 Å². The van der Waals surface area contributed by atoms with E-state index in [4.69, 9.17) is 43.4 Å². The predicted octanol–water partition coefficient (Wildman–Crippen LogP) is 5.25. The molecule has 186 valence electrons. The van der Waals surface area contributed by atoms with Crippen LogP contribution in [0.3, 0.4) is 0 Å². The van der Waals surface area contributed by atoms with E-state index in [9.17, 15) is 4.39 Å². The zero-order valence-corrected chi connectivity index (χ0v) is 21.6. The minimum atomic E-state index is -0.674. The van der Waals surface area contributed by atoms with Crippen LogP contribution in [-0.2, 0) is 0 Å². The first kappa shape index (κ1) is 25.4. The number of nitrogen functional groups attached to an aromatic ring is 1. The molecule has 7 nitrogen and oxygen atoms in total. The summed E-state index contributed by atoms with van der Waals surface area (Å²) < 4.78 is 26.5. The van der Waals surface area contributed by atoms with E-state index in [-0.39, 0.29) is 10.8 Å². The molecule has 10 heteroatoms. The van der Waals surface area contributed by atoms with E-state index in [2.05, 4.69) is 24.3 Å². The average Bonchev–Trinajstić information content (AvgIpc) is 2.82. The predicted molar refractivity (Wildman–Crippen MR) is 139 cm³/mol. The molecule has 0 spiro atoms. The van der Waals surface area contributed by atoms with Crippen molar-refractivity contribution >= 4 is 34.8 Å². The number of anilines is 1. The summed E-state index contributed by atoms with van der Waals surface area (Å²) in [7, 11) is 3.81. The summed E-state index contributed by atoms with van der Waals surface area (Å²) in [5.41, 5.74) is 7.89. The third-order valence-electron chi connectivity index (χ3n) is 6.38. The van der Waals surface area contributed by atoms with E-state index in [0.29, 0.717) is 38.2 Å². The summed E-state index contributed by atoms with van der Waals surface area (Å²) in [6.07, 6.45) is 2.74. The van der Waals surface area contributed by atoms with Gasteiger partial charge in [-0.25, -0.2) is 14.4 Å². The van der Waals surface area contributed by atoms with Gasteiger partial charge in [0.1, 0.15) is 17.7 Å². The molecule has 1 fully saturated rings. The summed E-state index contributed by atoms with van der Waals surface area (Å²) in [6.45, 7) is 6.68. The Morgan fingerprint density at radius 1 is 1.20 bits per heavy atom. The molecule has 3 aromatic rings. The van der Waals surface area contributed by atoms with Gasteiger partial charge in [0, 0.05) is 40.7 Å². The first-order valence-electron chi connectivity index (χ1n) is 11.3. The number of nitrogens with one attached hydrogen (secondary N) is 1. The normalized spacial score (nSPS) is 20.9. The molecule has 2 unspecified atom stereocenters. The van der Waals surface area contributed by atoms with Crippen molar-refractivity contribution in [3.05, 3.63) is 58.1 Å². The number of piperazine rings is 1. The van der Waals surface area contributed by atoms with Crippen molar-refractivity contribution in [3.63, 3.8) is 0 Å². The number of hydrogen-bond acceptors (Lipinski definition) is 6. The fourth-order valence-corrected chi connectivity index (χ4v) is 5.17. The van der Waals surface area contributed by atoms with Gasteiger partial charge in [-0.15, -0.1) is 0 Å². The third kappa shape index (κ3) is 5.16. The van der Waals surface area contributed by atoms with Crippen molar-refractivity contribution in [1.29, 1.82) is 0 Å². The van der Waals surface area contributed by atoms with Crippen LogP contribution in [0.5, 0.6) is 11.5 Å². The van der Waals surface area contributed by atoms with Crippen molar-refractivity contribution in [3.8, 4) is 22.6 Å². The topological polar surface area (TPSA) is 82.3 Å². The second-order valence-corrected chi connectivity index (χ2v) is 9.81. The quantitative estimate of drug-likeness (QED) is 0.341. The first-order chi connectivity index (χ1) is 16.6. The van der Waals surface area contributed by atoms with Gasteiger partial charge in [-0.05, 0) is 32.0 Å². The molecule has 1 aliphatic heterocycles. The molecular weight excluding hydrogens is 492 g/mol. The molecule has 4 rings (SSSR count). The maximum Gasteiger partial charge on any atom is 0.231 e. The lowest BCUT2D eigenvalue weighted by atomic mass is 10.1. The second kappa shape index (κ2) is 10.1. The largest absolute Gasteiger partial charge is 0.496 e. The van der Waals surface area contributed by atoms with Crippen molar-refractivity contribution in [2.45, 2.75) is 26.0 Å². The van der Waals surface area contributed by atoms with Gasteiger partial charge in [-0.3, -0.25) is 4.48 Å². The third-order valence-corrected chi connectivity index (χ3v) is 7.10. The van der Waals surface area contributed by atoms with Crippen LogP contribution in [0.2, 0.25) is 10.0 Å². The molecule has 1 aliphatic rings. The number of benzene rings is 1. The number of likely N-dealkylation sites (N-methyl/N-ethyl adjacent to an activating group) is 1. The van der Waals surface area contributed by atoms with Crippen molar-refractivity contribution in [1.82, 2.24) is 19.8 Å². The number of rotatable bonds is 6. The highest BCUT2D eigenvalue weighted by Crippen LogP contribution is 2.39. The van der Waals surface area contributed by atoms with E-state index >= 15 is 0 Å². The number of quaternary nitrogens is 1. The lowest BCUT2D eigenvalue weighted by Crippen LogP contribution is -2.61. The molecule has 3 N–H and O–H groups in total. The molecule has 0 saturated carbocycles. The molecule has 35 heavy (non-hydrogen) atoms. The zero-order chi connectivity index (χ0) is 25.3. The van der Waals surface area contributed by atoms with Gasteiger partial charge in [0.15, 0.2) is 11.6 Å². The second-order valence-electron chi connectivity index (χ2n) is 9.02. The van der Waals surface area contributed by atoms with Crippen molar-refractivity contribution in [2.24, 2.45) is 0 Å². The number of methoxy groups -OCH3 is 1. The van der Waals surface area contributed by atoms with E-state index in [1.54, 1.807) is 32.5 Å². The number of halogens is 3. The SMILES string of the molecule is COc1cc([N+]2(C)CCN[C@H](C)C2)ncc1-c1cnc(N)c(OC(C)c2c(Cl)ccc(F)c2Cl)c1. The molecule has 1 aromatic carbocycles. The van der Waals surface area contributed by atoms with Crippen LogP contribution in [0.1, 0.15) is 25.5 Å². The zero-order valence-electron chi connectivity index (χ0n) is 20.1. The number of aromatic nitrogens is 2. The molecule has 0 aliphatic carbocycles. The number of pyridine rings is 2. The summed E-state index contributed by atoms with van der Waals surface area (Å²) in [5, 5.41) is 3.68. The first-order valence-corrected chi connectivity index (χ1v) is 12.1. The molecule has 3 atom stereocenters. The summed E-state index contributed by atoms with van der Waals surface area (Å²) in [4.78, 5) is 9.07. The molecule has 2 aromatic heterocycles. The molecule has 1 saturated heterocycles. The van der Waals surface area contributed by atoms with E-state index in [0.717, 1.165) is 31.0 Å². The number of hydrogen-bond donors (Lipinski definition) is 2. The van der Waals surface area contributed by atoms with Crippen LogP contribution in [0.4, 0.5) is 16.0 Å². The van der Waals surface area contributed by atoms with Gasteiger partial charge in [0.25, 0.3) is 0 Å². The highest BCUT2D eigenvalue weighted by Gasteiger charge is 2.33. The highest BCUT2D eigenvalue weighted by molar-refractivity contribution is 6.36. The Labute approximate surface area is 214 Å². The van der Waals surface area contributed by atoms with Crippen LogP contribution in [-0.4, -0.2) is 49.8 Å². The van der Waals surface area contributed by atoms with Gasteiger partial charge < -0.3 is 20.5 Å². The standard InChI is InChI=1S/C25H29Cl2FN5O2/c1-14-13-33(3,8-7-30-14)22-10-20(34-4)17(12-31-22)16-9-21(25(29)32-11-16)35-15(2)23-18(26)5-6-19(28)24(23)27/h5-6,9-12,14-15,30H,7-8,13H2,1-4H3,(H2,29,32)/q+1/t14-,15?,33?/m1/s1. The Bertz CT molecular complexity index is 1240.